The van der Waals surface area contributed by atoms with Crippen LogP contribution in [0.4, 0.5) is 4.79 Å². The Balaban J connectivity index is 2.62. The average Bonchev–Trinajstić information content (AvgIpc) is 2.24. The molecule has 1 heterocycles. The summed E-state index contributed by atoms with van der Waals surface area (Å²) >= 11 is 0. The highest BCUT2D eigenvalue weighted by atomic mass is 16.7. The molecule has 1 aliphatic rings. The molecule has 7 nitrogen and oxygen atoms in total. The van der Waals surface area contributed by atoms with Crippen LogP contribution in [-0.4, -0.2) is 51.4 Å². The number of piperidine rings is 1. The maximum Gasteiger partial charge on any atom is 0.342 e. The Bertz CT molecular complexity index is 326. The molecule has 1 fully saturated rings. The van der Waals surface area contributed by atoms with Gasteiger partial charge >= 0.3 is 12.0 Å². The van der Waals surface area contributed by atoms with Gasteiger partial charge in [0, 0.05) is 13.0 Å². The number of aliphatic carboxylic acids is 1. The summed E-state index contributed by atoms with van der Waals surface area (Å²) in [6.45, 7) is 5.49. The van der Waals surface area contributed by atoms with E-state index in [0.717, 1.165) is 0 Å². The quantitative estimate of drug-likeness (QED) is 0.622. The number of rotatable bonds is 2. The number of hydrogen-bond donors (Lipinski definition) is 3. The van der Waals surface area contributed by atoms with E-state index in [9.17, 15) is 14.7 Å². The summed E-state index contributed by atoms with van der Waals surface area (Å²) in [5.74, 6) is -1.13. The Kier molecular flexibility index (Phi) is 4.53. The maximum absolute atomic E-state index is 11.8. The molecule has 0 aliphatic carbocycles. The highest BCUT2D eigenvalue weighted by molar-refractivity contribution is 5.82. The molecule has 2 amide bonds. The largest absolute Gasteiger partial charge is 0.480 e. The van der Waals surface area contributed by atoms with Gasteiger partial charge in [0.2, 0.25) is 0 Å². The van der Waals surface area contributed by atoms with Crippen LogP contribution >= 0.6 is 0 Å². The number of hydroxylamine groups is 1. The third-order valence-electron chi connectivity index (χ3n) is 2.57. The summed E-state index contributed by atoms with van der Waals surface area (Å²) in [7, 11) is 0. The van der Waals surface area contributed by atoms with Crippen molar-refractivity contribution in [1.82, 2.24) is 10.4 Å². The monoisotopic (exact) mass is 260 g/mol. The van der Waals surface area contributed by atoms with Crippen molar-refractivity contribution in [2.75, 3.05) is 6.54 Å². The molecule has 0 bridgehead atoms. The van der Waals surface area contributed by atoms with Gasteiger partial charge in [-0.3, -0.25) is 4.84 Å². The fourth-order valence-corrected chi connectivity index (χ4v) is 1.68. The molecule has 7 heteroatoms. The Hall–Kier alpha value is -1.34. The topological polar surface area (TPSA) is 99.1 Å². The van der Waals surface area contributed by atoms with Crippen molar-refractivity contribution in [3.05, 3.63) is 0 Å². The number of carbonyl (C=O) groups is 2. The molecule has 18 heavy (non-hydrogen) atoms. The fraction of sp³-hybridized carbons (Fsp3) is 0.818. The van der Waals surface area contributed by atoms with Gasteiger partial charge in [0.15, 0.2) is 0 Å². The molecular formula is C11H20N2O5. The van der Waals surface area contributed by atoms with Crippen LogP contribution < -0.4 is 5.48 Å². The smallest absolute Gasteiger partial charge is 0.342 e. The lowest BCUT2D eigenvalue weighted by Gasteiger charge is -2.35. The number of nitrogens with zero attached hydrogens (tertiary/aromatic N) is 1. The van der Waals surface area contributed by atoms with Crippen LogP contribution in [-0.2, 0) is 9.63 Å². The maximum atomic E-state index is 11.8. The summed E-state index contributed by atoms with van der Waals surface area (Å²) in [6.07, 6.45) is -0.274. The van der Waals surface area contributed by atoms with Crippen LogP contribution in [0.2, 0.25) is 0 Å². The van der Waals surface area contributed by atoms with E-state index in [1.807, 2.05) is 0 Å². The Morgan fingerprint density at radius 3 is 2.50 bits per heavy atom. The van der Waals surface area contributed by atoms with Gasteiger partial charge in [-0.2, -0.15) is 0 Å². The molecule has 2 atom stereocenters. The number of carboxylic acid groups (broad SMARTS) is 1. The lowest BCUT2D eigenvalue weighted by Crippen LogP contribution is -2.55. The van der Waals surface area contributed by atoms with E-state index in [2.05, 4.69) is 5.48 Å². The van der Waals surface area contributed by atoms with Crippen molar-refractivity contribution < 1.29 is 24.6 Å². The molecule has 1 saturated heterocycles. The normalized spacial score (nSPS) is 24.8. The first-order chi connectivity index (χ1) is 8.20. The number of likely N-dealkylation sites (tertiary alicyclic amines) is 1. The molecule has 0 spiro atoms. The SMILES string of the molecule is CC(C)(C)ONC(=O)N1CCC(O)CC1C(=O)O. The number of urea groups is 1. The molecule has 2 unspecified atom stereocenters. The molecule has 0 radical (unpaired) electrons. The van der Waals surface area contributed by atoms with Gasteiger partial charge in [-0.25, -0.2) is 15.1 Å². The van der Waals surface area contributed by atoms with Crippen molar-refractivity contribution in [2.45, 2.75) is 51.4 Å². The van der Waals surface area contributed by atoms with Crippen molar-refractivity contribution in [3.8, 4) is 0 Å². The molecule has 104 valence electrons. The molecule has 3 N–H and O–H groups in total. The number of carboxylic acids is 1. The van der Waals surface area contributed by atoms with Crippen LogP contribution in [0.5, 0.6) is 0 Å². The van der Waals surface area contributed by atoms with Crippen molar-refractivity contribution in [3.63, 3.8) is 0 Å². The number of carbonyl (C=O) groups excluding carboxylic acids is 1. The summed E-state index contributed by atoms with van der Waals surface area (Å²) in [6, 6.07) is -1.61. The summed E-state index contributed by atoms with van der Waals surface area (Å²) in [5, 5.41) is 18.5. The fourth-order valence-electron chi connectivity index (χ4n) is 1.68. The number of hydrogen-bond acceptors (Lipinski definition) is 4. The summed E-state index contributed by atoms with van der Waals surface area (Å²) in [4.78, 5) is 29.1. The van der Waals surface area contributed by atoms with Crippen molar-refractivity contribution >= 4 is 12.0 Å². The third kappa shape index (κ3) is 4.15. The zero-order chi connectivity index (χ0) is 13.9. The number of amides is 2. The highest BCUT2D eigenvalue weighted by Gasteiger charge is 2.36. The van der Waals surface area contributed by atoms with Crippen LogP contribution in [0.3, 0.4) is 0 Å². The molecule has 0 aromatic rings. The van der Waals surface area contributed by atoms with E-state index in [4.69, 9.17) is 9.94 Å². The third-order valence-corrected chi connectivity index (χ3v) is 2.57. The van der Waals surface area contributed by atoms with E-state index in [1.165, 1.54) is 4.90 Å². The molecule has 0 aromatic heterocycles. The molecule has 0 aromatic carbocycles. The van der Waals surface area contributed by atoms with Gasteiger partial charge in [-0.15, -0.1) is 0 Å². The zero-order valence-corrected chi connectivity index (χ0v) is 10.8. The molecule has 1 aliphatic heterocycles. The van der Waals surface area contributed by atoms with E-state index in [0.29, 0.717) is 6.42 Å². The lowest BCUT2D eigenvalue weighted by atomic mass is 10.00. The van der Waals surface area contributed by atoms with Crippen LogP contribution in [0.15, 0.2) is 0 Å². The van der Waals surface area contributed by atoms with Gasteiger partial charge in [-0.05, 0) is 27.2 Å². The lowest BCUT2D eigenvalue weighted by molar-refractivity contribution is -0.145. The first kappa shape index (κ1) is 14.7. The number of aliphatic hydroxyl groups is 1. The van der Waals surface area contributed by atoms with Gasteiger partial charge < -0.3 is 15.1 Å². The predicted octanol–water partition coefficient (Wildman–Crippen LogP) is 0.336. The number of nitrogens with one attached hydrogen (secondary N) is 1. The second-order valence-corrected chi connectivity index (χ2v) is 5.35. The predicted molar refractivity (Wildman–Crippen MR) is 62.7 cm³/mol. The first-order valence-electron chi connectivity index (χ1n) is 5.86. The minimum atomic E-state index is -1.13. The van der Waals surface area contributed by atoms with E-state index in [1.54, 1.807) is 20.8 Å². The zero-order valence-electron chi connectivity index (χ0n) is 10.8. The molecular weight excluding hydrogens is 240 g/mol. The first-order valence-corrected chi connectivity index (χ1v) is 5.86. The second-order valence-electron chi connectivity index (χ2n) is 5.35. The van der Waals surface area contributed by atoms with Gasteiger partial charge in [0.25, 0.3) is 0 Å². The summed E-state index contributed by atoms with van der Waals surface area (Å²) < 4.78 is 0. The van der Waals surface area contributed by atoms with Gasteiger partial charge in [-0.1, -0.05) is 0 Å². The molecule has 0 saturated carbocycles. The van der Waals surface area contributed by atoms with Crippen LogP contribution in [0, 0.1) is 0 Å². The van der Waals surface area contributed by atoms with Crippen molar-refractivity contribution in [1.29, 1.82) is 0 Å². The second kappa shape index (κ2) is 5.53. The minimum absolute atomic E-state index is 0.0400. The van der Waals surface area contributed by atoms with Crippen molar-refractivity contribution in [2.24, 2.45) is 0 Å². The average molecular weight is 260 g/mol. The Labute approximate surface area is 106 Å². The molecule has 1 rings (SSSR count). The standard InChI is InChI=1S/C11H20N2O5/c1-11(2,3)18-12-10(17)13-5-4-7(14)6-8(13)9(15)16/h7-8,14H,4-6H2,1-3H3,(H,12,17)(H,15,16). The van der Waals surface area contributed by atoms with E-state index < -0.39 is 29.7 Å². The minimum Gasteiger partial charge on any atom is -0.480 e. The van der Waals surface area contributed by atoms with Gasteiger partial charge in [0.05, 0.1) is 11.7 Å². The Morgan fingerprint density at radius 2 is 2.00 bits per heavy atom. The number of aliphatic hydroxyl groups excluding tert-OH is 1. The van der Waals surface area contributed by atoms with E-state index in [-0.39, 0.29) is 13.0 Å². The highest BCUT2D eigenvalue weighted by Crippen LogP contribution is 2.18. The summed E-state index contributed by atoms with van der Waals surface area (Å²) in [5.41, 5.74) is 1.68. The van der Waals surface area contributed by atoms with Crippen LogP contribution in [0.1, 0.15) is 33.6 Å². The Morgan fingerprint density at radius 1 is 1.39 bits per heavy atom. The van der Waals surface area contributed by atoms with Crippen LogP contribution in [0.25, 0.3) is 0 Å². The van der Waals surface area contributed by atoms with Gasteiger partial charge in [0.1, 0.15) is 6.04 Å². The van der Waals surface area contributed by atoms with E-state index >= 15 is 0 Å².